The Morgan fingerprint density at radius 2 is 1.24 bits per heavy atom. The van der Waals surface area contributed by atoms with Crippen LogP contribution in [0.25, 0.3) is 39.4 Å². The van der Waals surface area contributed by atoms with E-state index in [2.05, 4.69) is 120 Å². The zero-order chi connectivity index (χ0) is 19.2. The number of rotatable bonds is 2. The number of benzene rings is 4. The van der Waals surface area contributed by atoms with E-state index in [9.17, 15) is 0 Å². The summed E-state index contributed by atoms with van der Waals surface area (Å²) < 4.78 is 2.32. The van der Waals surface area contributed by atoms with Gasteiger partial charge in [-0.1, -0.05) is 91.0 Å². The summed E-state index contributed by atoms with van der Waals surface area (Å²) in [6.45, 7) is 0. The minimum atomic E-state index is 1.23. The van der Waals surface area contributed by atoms with E-state index in [1.807, 2.05) is 0 Å². The Balaban J connectivity index is 1.57. The number of fused-ring (bicyclic) bond motifs is 2. The van der Waals surface area contributed by atoms with E-state index in [0.717, 1.165) is 0 Å². The van der Waals surface area contributed by atoms with Crippen molar-refractivity contribution in [2.24, 2.45) is 0 Å². The van der Waals surface area contributed by atoms with E-state index < -0.39 is 0 Å². The van der Waals surface area contributed by atoms with Gasteiger partial charge < -0.3 is 4.57 Å². The molecule has 5 aromatic rings. The SMILES string of the molecule is C1=C(c2ccc(-c3ccccc3)cc2)c2cccc3ccn(c23)-c2ccccc21. The molecule has 0 unspecified atom stereocenters. The van der Waals surface area contributed by atoms with Gasteiger partial charge in [-0.25, -0.2) is 0 Å². The van der Waals surface area contributed by atoms with Crippen LogP contribution in [0.5, 0.6) is 0 Å². The van der Waals surface area contributed by atoms with E-state index in [-0.39, 0.29) is 0 Å². The molecule has 0 bridgehead atoms. The molecule has 1 heteroatoms. The van der Waals surface area contributed by atoms with E-state index in [0.29, 0.717) is 0 Å². The second-order valence-electron chi connectivity index (χ2n) is 7.49. The van der Waals surface area contributed by atoms with Crippen LogP contribution in [-0.2, 0) is 0 Å². The molecule has 1 aromatic heterocycles. The van der Waals surface area contributed by atoms with Crippen molar-refractivity contribution in [3.63, 3.8) is 0 Å². The largest absolute Gasteiger partial charge is 0.315 e. The topological polar surface area (TPSA) is 4.93 Å². The van der Waals surface area contributed by atoms with Crippen LogP contribution in [0.2, 0.25) is 0 Å². The van der Waals surface area contributed by atoms with Crippen LogP contribution < -0.4 is 0 Å². The van der Waals surface area contributed by atoms with Crippen molar-refractivity contribution in [3.05, 3.63) is 126 Å². The number of aromatic nitrogens is 1. The lowest BCUT2D eigenvalue weighted by atomic mass is 9.93. The predicted octanol–water partition coefficient (Wildman–Crippen LogP) is 7.20. The predicted molar refractivity (Wildman–Crippen MR) is 122 cm³/mol. The zero-order valence-electron chi connectivity index (χ0n) is 15.9. The summed E-state index contributed by atoms with van der Waals surface area (Å²) in [6.07, 6.45) is 4.51. The first-order chi connectivity index (χ1) is 14.4. The molecule has 136 valence electrons. The molecule has 0 amide bonds. The lowest BCUT2D eigenvalue weighted by Gasteiger charge is -2.11. The number of hydrogen-bond donors (Lipinski definition) is 0. The molecule has 29 heavy (non-hydrogen) atoms. The molecule has 0 spiro atoms. The fourth-order valence-corrected chi connectivity index (χ4v) is 4.39. The Morgan fingerprint density at radius 1 is 0.517 bits per heavy atom. The third kappa shape index (κ3) is 2.55. The quantitative estimate of drug-likeness (QED) is 0.304. The number of para-hydroxylation sites is 2. The normalized spacial score (nSPS) is 12.3. The molecule has 0 saturated heterocycles. The third-order valence-corrected chi connectivity index (χ3v) is 5.80. The second kappa shape index (κ2) is 6.35. The van der Waals surface area contributed by atoms with Gasteiger partial charge in [0.25, 0.3) is 0 Å². The van der Waals surface area contributed by atoms with Crippen LogP contribution >= 0.6 is 0 Å². The van der Waals surface area contributed by atoms with Crippen molar-refractivity contribution in [1.29, 1.82) is 0 Å². The van der Waals surface area contributed by atoms with Gasteiger partial charge in [-0.2, -0.15) is 0 Å². The standard InChI is InChI=1S/C28H19N/c1-2-7-20(8-3-1)21-13-15-22(16-14-21)26-19-24-9-4-5-12-27(24)29-18-17-23-10-6-11-25(26)28(23)29/h1-19H. The maximum absolute atomic E-state index is 2.33. The minimum Gasteiger partial charge on any atom is -0.315 e. The number of hydrogen-bond acceptors (Lipinski definition) is 0. The molecule has 0 saturated carbocycles. The molecule has 0 atom stereocenters. The van der Waals surface area contributed by atoms with Gasteiger partial charge >= 0.3 is 0 Å². The lowest BCUT2D eigenvalue weighted by Crippen LogP contribution is -1.94. The summed E-state index contributed by atoms with van der Waals surface area (Å²) in [5.41, 5.74) is 10.0. The van der Waals surface area contributed by atoms with E-state index in [4.69, 9.17) is 0 Å². The molecule has 0 N–H and O–H groups in total. The monoisotopic (exact) mass is 369 g/mol. The molecule has 6 rings (SSSR count). The maximum atomic E-state index is 2.33. The molecule has 4 aromatic carbocycles. The van der Waals surface area contributed by atoms with Crippen LogP contribution in [0.4, 0.5) is 0 Å². The summed E-state index contributed by atoms with van der Waals surface area (Å²) in [5.74, 6) is 0. The van der Waals surface area contributed by atoms with Crippen molar-refractivity contribution < 1.29 is 0 Å². The lowest BCUT2D eigenvalue weighted by molar-refractivity contribution is 1.12. The van der Waals surface area contributed by atoms with Gasteiger partial charge in [-0.05, 0) is 46.0 Å². The Kier molecular flexibility index (Phi) is 3.54. The Hall–Kier alpha value is -3.84. The van der Waals surface area contributed by atoms with Gasteiger partial charge in [-0.3, -0.25) is 0 Å². The first-order valence-electron chi connectivity index (χ1n) is 9.96. The molecule has 1 nitrogen and oxygen atoms in total. The van der Waals surface area contributed by atoms with Crippen molar-refractivity contribution >= 4 is 22.6 Å². The fourth-order valence-electron chi connectivity index (χ4n) is 4.39. The zero-order valence-corrected chi connectivity index (χ0v) is 15.9. The molecule has 0 aliphatic carbocycles. The van der Waals surface area contributed by atoms with Crippen LogP contribution in [0.1, 0.15) is 16.7 Å². The van der Waals surface area contributed by atoms with Gasteiger partial charge in [-0.15, -0.1) is 0 Å². The van der Waals surface area contributed by atoms with E-state index in [1.165, 1.54) is 50.0 Å². The summed E-state index contributed by atoms with van der Waals surface area (Å²) in [4.78, 5) is 0. The molecular formula is C28H19N. The van der Waals surface area contributed by atoms with Crippen molar-refractivity contribution in [2.75, 3.05) is 0 Å². The van der Waals surface area contributed by atoms with Crippen LogP contribution in [0.3, 0.4) is 0 Å². The van der Waals surface area contributed by atoms with Gasteiger partial charge in [0.05, 0.1) is 11.2 Å². The molecule has 2 heterocycles. The van der Waals surface area contributed by atoms with E-state index in [1.54, 1.807) is 0 Å². The highest BCUT2D eigenvalue weighted by atomic mass is 15.0. The van der Waals surface area contributed by atoms with E-state index >= 15 is 0 Å². The molecule has 1 aliphatic rings. The van der Waals surface area contributed by atoms with Crippen molar-refractivity contribution in [3.8, 4) is 16.8 Å². The highest BCUT2D eigenvalue weighted by Crippen LogP contribution is 2.38. The van der Waals surface area contributed by atoms with Gasteiger partial charge in [0.2, 0.25) is 0 Å². The van der Waals surface area contributed by atoms with Crippen LogP contribution in [0.15, 0.2) is 109 Å². The van der Waals surface area contributed by atoms with Gasteiger partial charge in [0, 0.05) is 17.1 Å². The molecule has 0 fully saturated rings. The average Bonchev–Trinajstić information content (AvgIpc) is 3.16. The van der Waals surface area contributed by atoms with Crippen molar-refractivity contribution in [2.45, 2.75) is 0 Å². The number of nitrogens with zero attached hydrogens (tertiary/aromatic N) is 1. The Bertz CT molecular complexity index is 1370. The molecule has 0 radical (unpaired) electrons. The molecule has 1 aliphatic heterocycles. The highest BCUT2D eigenvalue weighted by Gasteiger charge is 2.18. The summed E-state index contributed by atoms with van der Waals surface area (Å²) >= 11 is 0. The van der Waals surface area contributed by atoms with Gasteiger partial charge in [0.1, 0.15) is 0 Å². The van der Waals surface area contributed by atoms with Crippen molar-refractivity contribution in [1.82, 2.24) is 4.57 Å². The first-order valence-corrected chi connectivity index (χ1v) is 9.96. The highest BCUT2D eigenvalue weighted by molar-refractivity contribution is 6.04. The average molecular weight is 369 g/mol. The third-order valence-electron chi connectivity index (χ3n) is 5.80. The minimum absolute atomic E-state index is 1.23. The van der Waals surface area contributed by atoms with Gasteiger partial charge in [0.15, 0.2) is 0 Å². The fraction of sp³-hybridized carbons (Fsp3) is 0. The Morgan fingerprint density at radius 3 is 2.10 bits per heavy atom. The maximum Gasteiger partial charge on any atom is 0.0607 e. The first kappa shape index (κ1) is 16.1. The summed E-state index contributed by atoms with van der Waals surface area (Å²) in [5, 5.41) is 1.27. The summed E-state index contributed by atoms with van der Waals surface area (Å²) in [7, 11) is 0. The van der Waals surface area contributed by atoms with Crippen LogP contribution in [-0.4, -0.2) is 4.57 Å². The summed E-state index contributed by atoms with van der Waals surface area (Å²) in [6, 6.07) is 36.9. The molecular weight excluding hydrogens is 350 g/mol. The Labute approximate surface area is 170 Å². The second-order valence-corrected chi connectivity index (χ2v) is 7.49. The smallest absolute Gasteiger partial charge is 0.0607 e. The van der Waals surface area contributed by atoms with Crippen LogP contribution in [0, 0.1) is 0 Å².